The minimum Gasteiger partial charge on any atom is -0.465 e. The van der Waals surface area contributed by atoms with Crippen molar-refractivity contribution >= 4 is 19.2 Å². The molecule has 37 heavy (non-hydrogen) atoms. The van der Waals surface area contributed by atoms with Gasteiger partial charge >= 0.3 is 13.7 Å². The summed E-state index contributed by atoms with van der Waals surface area (Å²) in [6.45, 7) is 6.46. The molecule has 13 heteroatoms. The Labute approximate surface area is 215 Å². The normalized spacial score (nSPS) is 32.1. The van der Waals surface area contributed by atoms with Gasteiger partial charge in [-0.1, -0.05) is 32.6 Å². The average molecular weight is 538 g/mol. The number of carbonyl (C=O) groups is 1. The summed E-state index contributed by atoms with van der Waals surface area (Å²) in [6, 6.07) is 4.16. The number of esters is 1. The zero-order valence-corrected chi connectivity index (χ0v) is 22.4. The van der Waals surface area contributed by atoms with Crippen LogP contribution in [0.5, 0.6) is 0 Å². The highest BCUT2D eigenvalue weighted by atomic mass is 31.2. The highest BCUT2D eigenvalue weighted by Gasteiger charge is 2.70. The lowest BCUT2D eigenvalue weighted by Gasteiger charge is -2.36. The number of fused-ring (bicyclic) bond motifs is 2. The summed E-state index contributed by atoms with van der Waals surface area (Å²) < 4.78 is 53.6. The van der Waals surface area contributed by atoms with Crippen molar-refractivity contribution in [2.45, 2.75) is 89.3 Å². The standard InChI is InChI=1S/C24H33FN5O6P/c1-5-6-7-8-9-12-33-22(31)17(3)29-37(32)34-13-19-21(36-37)23(4,25)24(14-26,35-19)20-11-10-18-16(2)27-15-28-30(18)20/h10-11,15,17,19,21H,5-9,12-13H2,1-4H3,(H,29,32)/t17-,19+,21+,23+,24-,37?/m0/s1. The maximum absolute atomic E-state index is 16.6. The van der Waals surface area contributed by atoms with E-state index >= 15 is 4.39 Å². The van der Waals surface area contributed by atoms with Crippen molar-refractivity contribution in [1.82, 2.24) is 19.7 Å². The number of alkyl halides is 1. The Balaban J connectivity index is 1.47. The van der Waals surface area contributed by atoms with Gasteiger partial charge in [-0.2, -0.15) is 10.4 Å². The first kappa shape index (κ1) is 27.6. The van der Waals surface area contributed by atoms with Gasteiger partial charge in [-0.15, -0.1) is 0 Å². The number of nitrogens with one attached hydrogen (secondary N) is 1. The molecule has 2 aromatic rings. The van der Waals surface area contributed by atoms with Gasteiger partial charge in [0.05, 0.1) is 30.1 Å². The molecule has 1 unspecified atom stereocenters. The summed E-state index contributed by atoms with van der Waals surface area (Å²) in [6.07, 6.45) is 3.86. The predicted octanol–water partition coefficient (Wildman–Crippen LogP) is 3.90. The fourth-order valence-corrected chi connectivity index (χ4v) is 6.53. The lowest BCUT2D eigenvalue weighted by molar-refractivity contribution is -0.145. The quantitative estimate of drug-likeness (QED) is 0.270. The fourth-order valence-electron chi connectivity index (χ4n) is 4.78. The van der Waals surface area contributed by atoms with E-state index in [0.717, 1.165) is 32.1 Å². The van der Waals surface area contributed by atoms with Gasteiger partial charge in [-0.3, -0.25) is 13.8 Å². The summed E-state index contributed by atoms with van der Waals surface area (Å²) in [7, 11) is -4.14. The molecule has 4 heterocycles. The molecule has 11 nitrogen and oxygen atoms in total. The van der Waals surface area contributed by atoms with Crippen LogP contribution in [-0.2, 0) is 33.5 Å². The topological polar surface area (TPSA) is 137 Å². The molecule has 0 spiro atoms. The van der Waals surface area contributed by atoms with Gasteiger partial charge in [-0.25, -0.2) is 23.5 Å². The summed E-state index contributed by atoms with van der Waals surface area (Å²) >= 11 is 0. The van der Waals surface area contributed by atoms with Gasteiger partial charge in [0.25, 0.3) is 0 Å². The Morgan fingerprint density at radius 2 is 2.16 bits per heavy atom. The molecule has 0 saturated carbocycles. The van der Waals surface area contributed by atoms with Crippen molar-refractivity contribution in [2.24, 2.45) is 0 Å². The Morgan fingerprint density at radius 1 is 1.41 bits per heavy atom. The van der Waals surface area contributed by atoms with E-state index in [1.54, 1.807) is 19.1 Å². The van der Waals surface area contributed by atoms with Gasteiger partial charge in [0.2, 0.25) is 5.60 Å². The number of aromatic nitrogens is 3. The number of ether oxygens (including phenoxy) is 2. The van der Waals surface area contributed by atoms with Crippen molar-refractivity contribution in [3.05, 3.63) is 29.8 Å². The first-order valence-electron chi connectivity index (χ1n) is 12.5. The van der Waals surface area contributed by atoms with E-state index in [1.807, 2.05) is 6.07 Å². The van der Waals surface area contributed by atoms with E-state index in [-0.39, 0.29) is 18.9 Å². The number of halogens is 1. The third-order valence-corrected chi connectivity index (χ3v) is 8.61. The van der Waals surface area contributed by atoms with Crippen LogP contribution in [0.15, 0.2) is 18.5 Å². The molecule has 2 saturated heterocycles. The van der Waals surface area contributed by atoms with Gasteiger partial charge in [0.1, 0.15) is 30.6 Å². The van der Waals surface area contributed by atoms with E-state index < -0.39 is 43.2 Å². The Bertz CT molecular complexity index is 1230. The van der Waals surface area contributed by atoms with Gasteiger partial charge in [-0.05, 0) is 39.3 Å². The molecule has 0 aromatic carbocycles. The number of rotatable bonds is 10. The number of unbranched alkanes of at least 4 members (excludes halogenated alkanes) is 4. The second-order valence-electron chi connectivity index (χ2n) is 9.64. The lowest BCUT2D eigenvalue weighted by Crippen LogP contribution is -2.51. The number of hydrogen-bond donors (Lipinski definition) is 1. The number of nitriles is 1. The predicted molar refractivity (Wildman–Crippen MR) is 130 cm³/mol. The molecule has 0 aliphatic carbocycles. The fraction of sp³-hybridized carbons (Fsp3) is 0.667. The molecule has 0 bridgehead atoms. The highest BCUT2D eigenvalue weighted by Crippen LogP contribution is 2.59. The molecule has 2 aromatic heterocycles. The maximum Gasteiger partial charge on any atom is 0.406 e. The molecule has 1 N–H and O–H groups in total. The smallest absolute Gasteiger partial charge is 0.406 e. The number of hydrogen-bond acceptors (Lipinski definition) is 9. The summed E-state index contributed by atoms with van der Waals surface area (Å²) in [5, 5.41) is 16.9. The highest BCUT2D eigenvalue weighted by molar-refractivity contribution is 7.51. The lowest BCUT2D eigenvalue weighted by atomic mass is 9.82. The van der Waals surface area contributed by atoms with E-state index in [2.05, 4.69) is 22.1 Å². The van der Waals surface area contributed by atoms with Gasteiger partial charge in [0, 0.05) is 0 Å². The van der Waals surface area contributed by atoms with E-state index in [1.165, 1.54) is 24.7 Å². The molecular formula is C24H33FN5O6P. The van der Waals surface area contributed by atoms with Gasteiger partial charge in [0.15, 0.2) is 5.67 Å². The van der Waals surface area contributed by atoms with Crippen molar-refractivity contribution in [1.29, 1.82) is 5.26 Å². The molecule has 0 radical (unpaired) electrons. The molecule has 2 aliphatic rings. The Kier molecular flexibility index (Phi) is 8.02. The summed E-state index contributed by atoms with van der Waals surface area (Å²) in [5.41, 5.74) is -3.21. The van der Waals surface area contributed by atoms with Crippen molar-refractivity contribution in [3.63, 3.8) is 0 Å². The zero-order chi connectivity index (χ0) is 26.8. The Morgan fingerprint density at radius 3 is 2.89 bits per heavy atom. The third-order valence-electron chi connectivity index (χ3n) is 6.91. The van der Waals surface area contributed by atoms with Crippen LogP contribution in [0.3, 0.4) is 0 Å². The summed E-state index contributed by atoms with van der Waals surface area (Å²) in [5.74, 6) is -0.619. The minimum atomic E-state index is -4.14. The van der Waals surface area contributed by atoms with Crippen molar-refractivity contribution in [3.8, 4) is 6.07 Å². The van der Waals surface area contributed by atoms with Crippen LogP contribution in [0.4, 0.5) is 4.39 Å². The number of carbonyl (C=O) groups excluding carboxylic acids is 1. The van der Waals surface area contributed by atoms with E-state index in [9.17, 15) is 14.6 Å². The monoisotopic (exact) mass is 537 g/mol. The molecule has 2 aliphatic heterocycles. The third kappa shape index (κ3) is 5.03. The first-order chi connectivity index (χ1) is 17.6. The second kappa shape index (κ2) is 10.8. The molecule has 0 amide bonds. The molecule has 6 atom stereocenters. The van der Waals surface area contributed by atoms with Crippen LogP contribution in [0.25, 0.3) is 5.52 Å². The first-order valence-corrected chi connectivity index (χ1v) is 14.1. The number of aryl methyl sites for hydroxylation is 1. The molecule has 4 rings (SSSR count). The van der Waals surface area contributed by atoms with Crippen LogP contribution in [0, 0.1) is 18.3 Å². The largest absolute Gasteiger partial charge is 0.465 e. The zero-order valence-electron chi connectivity index (χ0n) is 21.5. The average Bonchev–Trinajstić information content (AvgIpc) is 3.39. The Hall–Kier alpha value is -2.42. The maximum atomic E-state index is 16.6. The minimum absolute atomic E-state index is 0.150. The van der Waals surface area contributed by atoms with E-state index in [4.69, 9.17) is 18.5 Å². The molecule has 2 fully saturated rings. The van der Waals surface area contributed by atoms with Crippen molar-refractivity contribution in [2.75, 3.05) is 13.2 Å². The van der Waals surface area contributed by atoms with Crippen LogP contribution >= 0.6 is 7.75 Å². The van der Waals surface area contributed by atoms with Gasteiger partial charge < -0.3 is 9.47 Å². The van der Waals surface area contributed by atoms with Crippen LogP contribution in [0.2, 0.25) is 0 Å². The van der Waals surface area contributed by atoms with Crippen molar-refractivity contribution < 1.29 is 32.3 Å². The second-order valence-corrected chi connectivity index (χ2v) is 11.4. The van der Waals surface area contributed by atoms with Crippen LogP contribution < -0.4 is 5.09 Å². The summed E-state index contributed by atoms with van der Waals surface area (Å²) in [4.78, 5) is 16.5. The molecular weight excluding hydrogens is 504 g/mol. The molecule has 202 valence electrons. The van der Waals surface area contributed by atoms with E-state index in [0.29, 0.717) is 11.2 Å². The SMILES string of the molecule is CCCCCCCOC(=O)[C@H](C)NP1(=O)OC[C@H]2O[C@@](C#N)(c3ccc4c(C)ncnn34)[C@](C)(F)[C@@H]2O1. The van der Waals surface area contributed by atoms with Crippen LogP contribution in [0.1, 0.15) is 64.3 Å². The van der Waals surface area contributed by atoms with Crippen LogP contribution in [-0.4, -0.2) is 57.7 Å². The number of nitrogens with zero attached hydrogens (tertiary/aromatic N) is 4.